The van der Waals surface area contributed by atoms with Crippen molar-refractivity contribution >= 4 is 29.9 Å². The average molecular weight is 536 g/mol. The highest BCUT2D eigenvalue weighted by Crippen LogP contribution is 2.30. The van der Waals surface area contributed by atoms with E-state index in [0.717, 1.165) is 45.5 Å². The molecular weight excluding hydrogens is 507 g/mol. The highest BCUT2D eigenvalue weighted by Gasteiger charge is 2.13. The van der Waals surface area contributed by atoms with Gasteiger partial charge in [-0.15, -0.1) is 24.0 Å². The number of H-pyrrole nitrogens is 1. The lowest BCUT2D eigenvalue weighted by atomic mass is 10.1. The van der Waals surface area contributed by atoms with Crippen LogP contribution in [0.4, 0.5) is 0 Å². The van der Waals surface area contributed by atoms with Crippen molar-refractivity contribution < 1.29 is 9.47 Å². The summed E-state index contributed by atoms with van der Waals surface area (Å²) in [5.41, 5.74) is 4.40. The largest absolute Gasteiger partial charge is 0.493 e. The third-order valence-electron chi connectivity index (χ3n) is 4.89. The van der Waals surface area contributed by atoms with Crippen molar-refractivity contribution in [2.45, 2.75) is 20.0 Å². The number of ether oxygens (including phenoxy) is 2. The molecule has 0 bridgehead atoms. The molecule has 0 radical (unpaired) electrons. The smallest absolute Gasteiger partial charge is 0.193 e. The average Bonchev–Trinajstić information content (AvgIpc) is 3.30. The Morgan fingerprint density at radius 3 is 2.55 bits per heavy atom. The molecule has 166 valence electrons. The fourth-order valence-electron chi connectivity index (χ4n) is 3.26. The highest BCUT2D eigenvalue weighted by molar-refractivity contribution is 14.0. The van der Waals surface area contributed by atoms with Gasteiger partial charge in [0.25, 0.3) is 0 Å². The number of guanidine groups is 1. The Labute approximate surface area is 200 Å². The number of nitrogens with one attached hydrogen (secondary N) is 2. The Hall–Kier alpha value is -2.82. The number of benzene rings is 2. The van der Waals surface area contributed by atoms with Gasteiger partial charge < -0.3 is 19.7 Å². The van der Waals surface area contributed by atoms with Gasteiger partial charge in [0, 0.05) is 32.7 Å². The van der Waals surface area contributed by atoms with Crippen LogP contribution in [-0.2, 0) is 13.1 Å². The number of aryl methyl sites for hydroxylation is 1. The van der Waals surface area contributed by atoms with Crippen molar-refractivity contribution in [3.8, 4) is 22.9 Å². The molecule has 2 aromatic carbocycles. The molecule has 0 aliphatic rings. The predicted molar refractivity (Wildman–Crippen MR) is 133 cm³/mol. The van der Waals surface area contributed by atoms with Gasteiger partial charge in [0.2, 0.25) is 0 Å². The maximum absolute atomic E-state index is 5.45. The monoisotopic (exact) mass is 536 g/mol. The van der Waals surface area contributed by atoms with Crippen LogP contribution in [0.3, 0.4) is 0 Å². The Morgan fingerprint density at radius 2 is 1.90 bits per heavy atom. The van der Waals surface area contributed by atoms with Gasteiger partial charge in [-0.3, -0.25) is 10.1 Å². The van der Waals surface area contributed by atoms with Gasteiger partial charge in [0.1, 0.15) is 6.33 Å². The van der Waals surface area contributed by atoms with Gasteiger partial charge >= 0.3 is 0 Å². The second kappa shape index (κ2) is 11.5. The van der Waals surface area contributed by atoms with E-state index in [1.807, 2.05) is 31.3 Å². The van der Waals surface area contributed by atoms with Gasteiger partial charge in [0.15, 0.2) is 23.3 Å². The van der Waals surface area contributed by atoms with E-state index in [1.54, 1.807) is 21.3 Å². The molecule has 1 heterocycles. The Morgan fingerprint density at radius 1 is 1.16 bits per heavy atom. The number of aromatic amines is 1. The zero-order valence-corrected chi connectivity index (χ0v) is 20.8. The molecule has 0 aliphatic heterocycles. The lowest BCUT2D eigenvalue weighted by Crippen LogP contribution is -2.38. The summed E-state index contributed by atoms with van der Waals surface area (Å²) < 4.78 is 10.8. The van der Waals surface area contributed by atoms with Crippen molar-refractivity contribution in [1.29, 1.82) is 0 Å². The normalized spacial score (nSPS) is 10.9. The molecule has 2 N–H and O–H groups in total. The molecule has 9 heteroatoms. The molecule has 0 spiro atoms. The summed E-state index contributed by atoms with van der Waals surface area (Å²) in [6, 6.07) is 12.2. The number of nitrogens with zero attached hydrogens (tertiary/aromatic N) is 4. The summed E-state index contributed by atoms with van der Waals surface area (Å²) in [5, 5.41) is 10.2. The first kappa shape index (κ1) is 24.4. The number of hydrogen-bond acceptors (Lipinski definition) is 5. The zero-order valence-electron chi connectivity index (χ0n) is 18.5. The molecule has 0 aliphatic carbocycles. The zero-order chi connectivity index (χ0) is 21.5. The number of aromatic nitrogens is 3. The predicted octanol–water partition coefficient (Wildman–Crippen LogP) is 3.62. The second-order valence-electron chi connectivity index (χ2n) is 6.92. The molecule has 1 aromatic heterocycles. The summed E-state index contributed by atoms with van der Waals surface area (Å²) in [6.45, 7) is 3.39. The van der Waals surface area contributed by atoms with Gasteiger partial charge in [-0.1, -0.05) is 18.2 Å². The van der Waals surface area contributed by atoms with Gasteiger partial charge in [-0.05, 0) is 41.8 Å². The van der Waals surface area contributed by atoms with Crippen LogP contribution in [-0.4, -0.2) is 54.4 Å². The van der Waals surface area contributed by atoms with Gasteiger partial charge in [-0.2, -0.15) is 5.10 Å². The maximum atomic E-state index is 5.45. The first-order valence-electron chi connectivity index (χ1n) is 9.63. The number of hydrogen-bond donors (Lipinski definition) is 2. The number of halogens is 1. The lowest BCUT2D eigenvalue weighted by molar-refractivity contribution is 0.353. The quantitative estimate of drug-likeness (QED) is 0.273. The summed E-state index contributed by atoms with van der Waals surface area (Å²) in [7, 11) is 7.09. The molecule has 0 atom stereocenters. The Balaban J connectivity index is 0.00000341. The first-order chi connectivity index (χ1) is 14.5. The molecular formula is C22H29IN6O2. The van der Waals surface area contributed by atoms with E-state index in [-0.39, 0.29) is 24.0 Å². The molecule has 0 amide bonds. The Bertz CT molecular complexity index is 1010. The number of methoxy groups -OCH3 is 2. The molecule has 8 nitrogen and oxygen atoms in total. The van der Waals surface area contributed by atoms with E-state index in [9.17, 15) is 0 Å². The fraction of sp³-hybridized carbons (Fsp3) is 0.318. The van der Waals surface area contributed by atoms with Crippen LogP contribution in [0.15, 0.2) is 47.7 Å². The second-order valence-corrected chi connectivity index (χ2v) is 6.92. The topological polar surface area (TPSA) is 87.7 Å². The molecule has 0 unspecified atom stereocenters. The Kier molecular flexibility index (Phi) is 9.10. The molecule has 0 fully saturated rings. The molecule has 0 saturated heterocycles. The first-order valence-corrected chi connectivity index (χ1v) is 9.63. The van der Waals surface area contributed by atoms with Crippen LogP contribution in [0.5, 0.6) is 11.5 Å². The molecule has 0 saturated carbocycles. The van der Waals surface area contributed by atoms with Gasteiger partial charge in [-0.25, -0.2) is 4.98 Å². The van der Waals surface area contributed by atoms with Crippen LogP contribution < -0.4 is 14.8 Å². The molecule has 31 heavy (non-hydrogen) atoms. The van der Waals surface area contributed by atoms with Crippen molar-refractivity contribution in [2.75, 3.05) is 28.3 Å². The van der Waals surface area contributed by atoms with E-state index in [2.05, 4.69) is 49.4 Å². The van der Waals surface area contributed by atoms with Crippen LogP contribution in [0.2, 0.25) is 0 Å². The van der Waals surface area contributed by atoms with Crippen molar-refractivity contribution in [3.05, 3.63) is 59.4 Å². The van der Waals surface area contributed by atoms with E-state index < -0.39 is 0 Å². The van der Waals surface area contributed by atoms with Crippen LogP contribution in [0.1, 0.15) is 16.7 Å². The van der Waals surface area contributed by atoms with E-state index in [0.29, 0.717) is 13.1 Å². The molecule has 3 rings (SSSR count). The third kappa shape index (κ3) is 6.09. The van der Waals surface area contributed by atoms with Crippen molar-refractivity contribution in [2.24, 2.45) is 4.99 Å². The molecule has 3 aromatic rings. The summed E-state index contributed by atoms with van der Waals surface area (Å²) in [6.07, 6.45) is 1.51. The van der Waals surface area contributed by atoms with E-state index in [1.165, 1.54) is 6.33 Å². The highest BCUT2D eigenvalue weighted by atomic mass is 127. The minimum absolute atomic E-state index is 0. The lowest BCUT2D eigenvalue weighted by Gasteiger charge is -2.24. The van der Waals surface area contributed by atoms with Crippen molar-refractivity contribution in [3.63, 3.8) is 0 Å². The van der Waals surface area contributed by atoms with E-state index >= 15 is 0 Å². The van der Waals surface area contributed by atoms with E-state index in [4.69, 9.17) is 9.47 Å². The van der Waals surface area contributed by atoms with Crippen LogP contribution in [0.25, 0.3) is 11.4 Å². The van der Waals surface area contributed by atoms with Crippen molar-refractivity contribution in [1.82, 2.24) is 25.4 Å². The number of aliphatic imine (C=N–C) groups is 1. The van der Waals surface area contributed by atoms with Crippen LogP contribution in [0, 0.1) is 6.92 Å². The third-order valence-corrected chi connectivity index (χ3v) is 4.89. The SMILES string of the molecule is CN=C(NCc1cccc(-c2ncn[nH]2)c1)N(C)Cc1cc(OC)c(OC)cc1C.I. The summed E-state index contributed by atoms with van der Waals surface area (Å²) in [4.78, 5) is 10.7. The maximum Gasteiger partial charge on any atom is 0.193 e. The van der Waals surface area contributed by atoms with Crippen LogP contribution >= 0.6 is 24.0 Å². The minimum Gasteiger partial charge on any atom is -0.493 e. The summed E-state index contributed by atoms with van der Waals surface area (Å²) in [5.74, 6) is 3.01. The standard InChI is InChI=1S/C22H28N6O2.HI/c1-15-9-19(29-4)20(30-5)11-18(15)13-28(3)22(23-2)24-12-16-7-6-8-17(10-16)21-25-14-26-27-21;/h6-11,14H,12-13H2,1-5H3,(H,23,24)(H,25,26,27);1H. The minimum atomic E-state index is 0. The fourth-order valence-corrected chi connectivity index (χ4v) is 3.26. The summed E-state index contributed by atoms with van der Waals surface area (Å²) >= 11 is 0. The van der Waals surface area contributed by atoms with Gasteiger partial charge in [0.05, 0.1) is 14.2 Å². The number of rotatable bonds is 7.